The predicted octanol–water partition coefficient (Wildman–Crippen LogP) is 2.65. The molecule has 2 N–H and O–H groups in total. The molecule has 0 spiro atoms. The molecule has 1 heteroatoms. The summed E-state index contributed by atoms with van der Waals surface area (Å²) < 4.78 is 0. The fourth-order valence-corrected chi connectivity index (χ4v) is 1.56. The second-order valence-corrected chi connectivity index (χ2v) is 3.37. The van der Waals surface area contributed by atoms with Crippen molar-refractivity contribution < 1.29 is 0 Å². The largest absolute Gasteiger partial charge is 0.326 e. The monoisotopic (exact) mass is 183 g/mol. The zero-order valence-corrected chi connectivity index (χ0v) is 8.03. The number of nitrogens with two attached hydrogens (primary N) is 1. The molecule has 0 heterocycles. The van der Waals surface area contributed by atoms with E-state index in [9.17, 15) is 0 Å². The van der Waals surface area contributed by atoms with Crippen LogP contribution < -0.4 is 5.73 Å². The summed E-state index contributed by atoms with van der Waals surface area (Å²) >= 11 is 0. The van der Waals surface area contributed by atoms with E-state index in [1.807, 2.05) is 12.2 Å². The smallest absolute Gasteiger partial charge is 0.0178 e. The van der Waals surface area contributed by atoms with E-state index in [-0.39, 0.29) is 0 Å². The van der Waals surface area contributed by atoms with Gasteiger partial charge in [0.1, 0.15) is 0 Å². The Labute approximate surface area is 84.3 Å². The Morgan fingerprint density at radius 2 is 1.86 bits per heavy atom. The molecule has 1 aromatic carbocycles. The lowest BCUT2D eigenvalue weighted by molar-refractivity contribution is 1.07. The third-order valence-corrected chi connectivity index (χ3v) is 2.41. The van der Waals surface area contributed by atoms with Crippen LogP contribution in [0.4, 0.5) is 0 Å². The summed E-state index contributed by atoms with van der Waals surface area (Å²) in [6.07, 6.45) is 6.13. The third kappa shape index (κ3) is 1.54. The molecule has 1 nitrogen and oxygen atoms in total. The standard InChI is InChI=1S/C13H13N/c1-10-3-2-4-13(10)12-7-5-11(9-14)6-8-12/h2-8H,1,9,14H2. The van der Waals surface area contributed by atoms with Gasteiger partial charge in [-0.1, -0.05) is 49.1 Å². The predicted molar refractivity (Wildman–Crippen MR) is 60.6 cm³/mol. The maximum atomic E-state index is 5.54. The second-order valence-electron chi connectivity index (χ2n) is 3.37. The number of rotatable bonds is 2. The average Bonchev–Trinajstić information content (AvgIpc) is 2.65. The quantitative estimate of drug-likeness (QED) is 0.749. The SMILES string of the molecule is C=C1C=CC=C1c1ccc(CN)cc1. The molecule has 2 rings (SSSR count). The molecular formula is C13H13N. The van der Waals surface area contributed by atoms with Crippen LogP contribution in [0.3, 0.4) is 0 Å². The van der Waals surface area contributed by atoms with Crippen LogP contribution in [0, 0.1) is 0 Å². The van der Waals surface area contributed by atoms with Gasteiger partial charge in [0.25, 0.3) is 0 Å². The Morgan fingerprint density at radius 1 is 1.14 bits per heavy atom. The number of hydrogen-bond donors (Lipinski definition) is 1. The fourth-order valence-electron chi connectivity index (χ4n) is 1.56. The molecule has 0 unspecified atom stereocenters. The summed E-state index contributed by atoms with van der Waals surface area (Å²) in [7, 11) is 0. The molecule has 0 saturated heterocycles. The highest BCUT2D eigenvalue weighted by atomic mass is 14.5. The summed E-state index contributed by atoms with van der Waals surface area (Å²) in [5.74, 6) is 0. The normalized spacial score (nSPS) is 14.6. The minimum Gasteiger partial charge on any atom is -0.326 e. The van der Waals surface area contributed by atoms with E-state index < -0.39 is 0 Å². The van der Waals surface area contributed by atoms with Crippen molar-refractivity contribution in [2.75, 3.05) is 0 Å². The molecule has 0 amide bonds. The van der Waals surface area contributed by atoms with Gasteiger partial charge < -0.3 is 5.73 Å². The van der Waals surface area contributed by atoms with Gasteiger partial charge in [0.2, 0.25) is 0 Å². The molecule has 0 bridgehead atoms. The first-order chi connectivity index (χ1) is 6.81. The van der Waals surface area contributed by atoms with Crippen molar-refractivity contribution in [3.8, 4) is 0 Å². The minimum atomic E-state index is 0.596. The van der Waals surface area contributed by atoms with Crippen LogP contribution in [0.25, 0.3) is 5.57 Å². The lowest BCUT2D eigenvalue weighted by atomic mass is 10.0. The van der Waals surface area contributed by atoms with Crippen molar-refractivity contribution in [2.24, 2.45) is 5.73 Å². The molecule has 0 fully saturated rings. The summed E-state index contributed by atoms with van der Waals surface area (Å²) in [5.41, 5.74) is 10.2. The molecule has 0 atom stereocenters. The first-order valence-corrected chi connectivity index (χ1v) is 4.68. The van der Waals surface area contributed by atoms with Crippen molar-refractivity contribution in [3.05, 3.63) is 65.8 Å². The lowest BCUT2D eigenvalue weighted by Crippen LogP contribution is -1.95. The highest BCUT2D eigenvalue weighted by Crippen LogP contribution is 2.27. The maximum Gasteiger partial charge on any atom is 0.0178 e. The molecule has 1 aromatic rings. The van der Waals surface area contributed by atoms with Crippen LogP contribution in [0.2, 0.25) is 0 Å². The Kier molecular flexibility index (Phi) is 2.33. The fraction of sp³-hybridized carbons (Fsp3) is 0.0769. The number of allylic oxidation sites excluding steroid dienone is 5. The zero-order valence-electron chi connectivity index (χ0n) is 8.03. The first-order valence-electron chi connectivity index (χ1n) is 4.68. The molecule has 70 valence electrons. The second kappa shape index (κ2) is 3.64. The Morgan fingerprint density at radius 3 is 2.36 bits per heavy atom. The van der Waals surface area contributed by atoms with Gasteiger partial charge in [0.15, 0.2) is 0 Å². The van der Waals surface area contributed by atoms with Gasteiger partial charge in [-0.3, -0.25) is 0 Å². The van der Waals surface area contributed by atoms with E-state index in [2.05, 4.69) is 36.9 Å². The summed E-state index contributed by atoms with van der Waals surface area (Å²) in [6.45, 7) is 4.57. The van der Waals surface area contributed by atoms with Crippen molar-refractivity contribution in [1.29, 1.82) is 0 Å². The number of hydrogen-bond acceptors (Lipinski definition) is 1. The van der Waals surface area contributed by atoms with Gasteiger partial charge >= 0.3 is 0 Å². The lowest BCUT2D eigenvalue weighted by Gasteiger charge is -2.04. The van der Waals surface area contributed by atoms with E-state index in [1.54, 1.807) is 0 Å². The molecule has 0 aromatic heterocycles. The van der Waals surface area contributed by atoms with Crippen LogP contribution >= 0.6 is 0 Å². The van der Waals surface area contributed by atoms with Gasteiger partial charge in [0, 0.05) is 6.54 Å². The first kappa shape index (κ1) is 8.97. The van der Waals surface area contributed by atoms with Crippen LogP contribution in [0.15, 0.2) is 54.6 Å². The molecule has 1 aliphatic rings. The molecule has 0 aliphatic heterocycles. The maximum absolute atomic E-state index is 5.54. The molecule has 0 radical (unpaired) electrons. The Balaban J connectivity index is 2.30. The van der Waals surface area contributed by atoms with E-state index in [4.69, 9.17) is 5.73 Å². The van der Waals surface area contributed by atoms with Crippen LogP contribution in [0.1, 0.15) is 11.1 Å². The molecular weight excluding hydrogens is 170 g/mol. The Hall–Kier alpha value is -1.60. The molecule has 1 aliphatic carbocycles. The van der Waals surface area contributed by atoms with E-state index >= 15 is 0 Å². The van der Waals surface area contributed by atoms with Crippen molar-refractivity contribution >= 4 is 5.57 Å². The van der Waals surface area contributed by atoms with Gasteiger partial charge in [-0.2, -0.15) is 0 Å². The van der Waals surface area contributed by atoms with Crippen molar-refractivity contribution in [3.63, 3.8) is 0 Å². The average molecular weight is 183 g/mol. The van der Waals surface area contributed by atoms with Gasteiger partial charge in [-0.15, -0.1) is 0 Å². The van der Waals surface area contributed by atoms with Gasteiger partial charge in [0.05, 0.1) is 0 Å². The van der Waals surface area contributed by atoms with Crippen molar-refractivity contribution in [1.82, 2.24) is 0 Å². The van der Waals surface area contributed by atoms with Crippen LogP contribution in [0.5, 0.6) is 0 Å². The highest BCUT2D eigenvalue weighted by molar-refractivity contribution is 5.85. The van der Waals surface area contributed by atoms with E-state index in [0.29, 0.717) is 6.54 Å². The summed E-state index contributed by atoms with van der Waals surface area (Å²) in [4.78, 5) is 0. The summed E-state index contributed by atoms with van der Waals surface area (Å²) in [6, 6.07) is 8.29. The van der Waals surface area contributed by atoms with E-state index in [0.717, 1.165) is 11.1 Å². The van der Waals surface area contributed by atoms with Crippen molar-refractivity contribution in [2.45, 2.75) is 6.54 Å². The number of benzene rings is 1. The molecule has 0 saturated carbocycles. The van der Waals surface area contributed by atoms with Crippen LogP contribution in [-0.2, 0) is 6.54 Å². The molecule has 14 heavy (non-hydrogen) atoms. The van der Waals surface area contributed by atoms with Crippen LogP contribution in [-0.4, -0.2) is 0 Å². The summed E-state index contributed by atoms with van der Waals surface area (Å²) in [5, 5.41) is 0. The van der Waals surface area contributed by atoms with Gasteiger partial charge in [-0.05, 0) is 22.3 Å². The topological polar surface area (TPSA) is 26.0 Å². The van der Waals surface area contributed by atoms with Gasteiger partial charge in [-0.25, -0.2) is 0 Å². The Bertz CT molecular complexity index is 407. The zero-order chi connectivity index (χ0) is 9.97. The van der Waals surface area contributed by atoms with E-state index in [1.165, 1.54) is 11.1 Å². The highest BCUT2D eigenvalue weighted by Gasteiger charge is 2.06. The minimum absolute atomic E-state index is 0.596. The third-order valence-electron chi connectivity index (χ3n) is 2.41.